The van der Waals surface area contributed by atoms with Crippen molar-refractivity contribution in [2.75, 3.05) is 0 Å². The highest BCUT2D eigenvalue weighted by Crippen LogP contribution is 2.16. The molecule has 0 amide bonds. The molecule has 0 unspecified atom stereocenters. The van der Waals surface area contributed by atoms with E-state index in [9.17, 15) is 0 Å². The third-order valence-corrected chi connectivity index (χ3v) is 1.94. The predicted molar refractivity (Wildman–Crippen MR) is 57.9 cm³/mol. The van der Waals surface area contributed by atoms with Crippen molar-refractivity contribution in [1.82, 2.24) is 0 Å². The summed E-state index contributed by atoms with van der Waals surface area (Å²) in [7, 11) is 0. The second kappa shape index (κ2) is 4.84. The van der Waals surface area contributed by atoms with Gasteiger partial charge >= 0.3 is 0 Å². The molecule has 0 N–H and O–H groups in total. The van der Waals surface area contributed by atoms with Crippen LogP contribution in [-0.4, -0.2) is 5.87 Å². The minimum atomic E-state index is 0.701. The van der Waals surface area contributed by atoms with E-state index in [1.165, 1.54) is 5.57 Å². The molecule has 70 valence electrons. The molecule has 0 saturated carbocycles. The van der Waals surface area contributed by atoms with Gasteiger partial charge in [-0.1, -0.05) is 20.8 Å². The van der Waals surface area contributed by atoms with Crippen molar-refractivity contribution in [3.05, 3.63) is 29.5 Å². The van der Waals surface area contributed by atoms with E-state index in [-0.39, 0.29) is 0 Å². The van der Waals surface area contributed by atoms with Gasteiger partial charge in [-0.2, -0.15) is 0 Å². The van der Waals surface area contributed by atoms with E-state index in [1.54, 1.807) is 0 Å². The van der Waals surface area contributed by atoms with E-state index in [0.29, 0.717) is 5.92 Å². The molecule has 1 nitrogen and oxygen atoms in total. The first-order valence-corrected chi connectivity index (χ1v) is 4.91. The molecule has 1 heteroatoms. The first-order valence-electron chi connectivity index (χ1n) is 4.91. The van der Waals surface area contributed by atoms with Crippen LogP contribution in [0, 0.1) is 5.92 Å². The Morgan fingerprint density at radius 1 is 1.46 bits per heavy atom. The zero-order valence-corrected chi connectivity index (χ0v) is 8.67. The maximum absolute atomic E-state index is 4.20. The summed E-state index contributed by atoms with van der Waals surface area (Å²) in [6.07, 6.45) is 8.28. The summed E-state index contributed by atoms with van der Waals surface area (Å²) in [6.45, 7) is 6.58. The molecule has 1 heterocycles. The van der Waals surface area contributed by atoms with Crippen molar-refractivity contribution in [3.63, 3.8) is 0 Å². The average Bonchev–Trinajstić information content (AvgIpc) is 2.28. The number of nitrogens with zero attached hydrogens (tertiary/aromatic N) is 1. The fourth-order valence-electron chi connectivity index (χ4n) is 1.34. The van der Waals surface area contributed by atoms with Gasteiger partial charge in [-0.3, -0.25) is 0 Å². The lowest BCUT2D eigenvalue weighted by atomic mass is 10.0. The van der Waals surface area contributed by atoms with Crippen molar-refractivity contribution < 1.29 is 0 Å². The molecule has 0 aromatic rings. The Balaban J connectivity index is 2.77. The molecular weight excluding hydrogens is 158 g/mol. The van der Waals surface area contributed by atoms with Gasteiger partial charge in [0.15, 0.2) is 0 Å². The largest absolute Gasteiger partial charge is 0.211 e. The maximum Gasteiger partial charge on any atom is 0.0503 e. The van der Waals surface area contributed by atoms with E-state index < -0.39 is 0 Å². The zero-order valence-electron chi connectivity index (χ0n) is 8.67. The summed E-state index contributed by atoms with van der Waals surface area (Å²) in [5.41, 5.74) is 2.49. The van der Waals surface area contributed by atoms with Crippen molar-refractivity contribution in [1.29, 1.82) is 0 Å². The fourth-order valence-corrected chi connectivity index (χ4v) is 1.34. The maximum atomic E-state index is 4.20. The van der Waals surface area contributed by atoms with Crippen molar-refractivity contribution >= 4 is 5.87 Å². The molecule has 0 radical (unpaired) electrons. The van der Waals surface area contributed by atoms with Gasteiger partial charge in [0, 0.05) is 0 Å². The predicted octanol–water partition coefficient (Wildman–Crippen LogP) is 3.49. The molecule has 0 aromatic carbocycles. The Hall–Kier alpha value is -1.07. The molecule has 1 aliphatic rings. The van der Waals surface area contributed by atoms with E-state index in [2.05, 4.69) is 43.8 Å². The van der Waals surface area contributed by atoms with Crippen LogP contribution in [0.3, 0.4) is 0 Å². The van der Waals surface area contributed by atoms with Gasteiger partial charge < -0.3 is 0 Å². The fraction of sp³-hybridized carbons (Fsp3) is 0.500. The van der Waals surface area contributed by atoms with Gasteiger partial charge in [-0.15, -0.1) is 0 Å². The molecule has 0 atom stereocenters. The summed E-state index contributed by atoms with van der Waals surface area (Å²) in [5, 5.41) is 0. The van der Waals surface area contributed by atoms with Gasteiger partial charge in [-0.05, 0) is 48.4 Å². The molecule has 0 aromatic heterocycles. The smallest absolute Gasteiger partial charge is 0.0503 e. The monoisotopic (exact) mass is 175 g/mol. The van der Waals surface area contributed by atoms with Gasteiger partial charge in [0.2, 0.25) is 0 Å². The lowest BCUT2D eigenvalue weighted by molar-refractivity contribution is 0.649. The van der Waals surface area contributed by atoms with Crippen LogP contribution in [0.25, 0.3) is 0 Å². The van der Waals surface area contributed by atoms with E-state index in [1.807, 2.05) is 6.08 Å². The summed E-state index contributed by atoms with van der Waals surface area (Å²) in [6, 6.07) is 0. The third-order valence-electron chi connectivity index (χ3n) is 1.94. The number of rotatable bonds is 3. The van der Waals surface area contributed by atoms with Crippen molar-refractivity contribution in [3.8, 4) is 0 Å². The van der Waals surface area contributed by atoms with Crippen LogP contribution in [0.5, 0.6) is 0 Å². The summed E-state index contributed by atoms with van der Waals surface area (Å²) in [4.78, 5) is 4.20. The highest BCUT2D eigenvalue weighted by Gasteiger charge is 2.00. The van der Waals surface area contributed by atoms with Crippen molar-refractivity contribution in [2.45, 2.75) is 33.6 Å². The van der Waals surface area contributed by atoms with Crippen LogP contribution in [-0.2, 0) is 0 Å². The quantitative estimate of drug-likeness (QED) is 0.622. The normalized spacial score (nSPS) is 15.7. The third kappa shape index (κ3) is 3.43. The first kappa shape index (κ1) is 10.0. The molecule has 0 aliphatic carbocycles. The summed E-state index contributed by atoms with van der Waals surface area (Å²) >= 11 is 0. The second-order valence-electron chi connectivity index (χ2n) is 3.74. The standard InChI is InChI=1S/C12H17N/c1-4-12-9-11(8-10(2)3)6-5-7-13-12/h5-6,9-10H,4,8H2,1-3H3. The van der Waals surface area contributed by atoms with Crippen LogP contribution in [0.4, 0.5) is 0 Å². The Morgan fingerprint density at radius 3 is 2.85 bits per heavy atom. The zero-order chi connectivity index (χ0) is 9.68. The van der Waals surface area contributed by atoms with Gasteiger partial charge in [-0.25, -0.2) is 4.99 Å². The molecular formula is C12H17N. The second-order valence-corrected chi connectivity index (χ2v) is 3.74. The summed E-state index contributed by atoms with van der Waals surface area (Å²) < 4.78 is 0. The van der Waals surface area contributed by atoms with Gasteiger partial charge in [0.1, 0.15) is 0 Å². The van der Waals surface area contributed by atoms with Gasteiger partial charge in [0.05, 0.1) is 5.70 Å². The number of allylic oxidation sites excluding steroid dienone is 5. The topological polar surface area (TPSA) is 12.4 Å². The van der Waals surface area contributed by atoms with E-state index in [0.717, 1.165) is 18.5 Å². The number of hydrogen-bond acceptors (Lipinski definition) is 1. The molecule has 1 rings (SSSR count). The molecule has 0 saturated heterocycles. The Bertz CT molecular complexity index is 286. The minimum absolute atomic E-state index is 0.701. The van der Waals surface area contributed by atoms with Gasteiger partial charge in [0.25, 0.3) is 0 Å². The van der Waals surface area contributed by atoms with Crippen LogP contribution >= 0.6 is 0 Å². The lowest BCUT2D eigenvalue weighted by Gasteiger charge is -2.05. The van der Waals surface area contributed by atoms with Crippen LogP contribution in [0.15, 0.2) is 34.5 Å². The number of aliphatic imine (C=N–C) groups is 1. The molecule has 0 bridgehead atoms. The highest BCUT2D eigenvalue weighted by atomic mass is 14.7. The molecule has 0 spiro atoms. The Kier molecular flexibility index (Phi) is 3.72. The summed E-state index contributed by atoms with van der Waals surface area (Å²) in [5.74, 6) is 3.61. The first-order chi connectivity index (χ1) is 6.22. The van der Waals surface area contributed by atoms with Crippen LogP contribution in [0.1, 0.15) is 33.6 Å². The Labute approximate surface area is 80.6 Å². The number of hydrogen-bond donors (Lipinski definition) is 0. The van der Waals surface area contributed by atoms with Crippen LogP contribution < -0.4 is 0 Å². The SMILES string of the molecule is CCC1=CC(CC(C)C)=CC=C=N1. The van der Waals surface area contributed by atoms with Crippen molar-refractivity contribution in [2.24, 2.45) is 10.9 Å². The van der Waals surface area contributed by atoms with E-state index >= 15 is 0 Å². The highest BCUT2D eigenvalue weighted by molar-refractivity contribution is 5.59. The average molecular weight is 175 g/mol. The van der Waals surface area contributed by atoms with Crippen LogP contribution in [0.2, 0.25) is 0 Å². The molecule has 0 fully saturated rings. The molecule has 13 heavy (non-hydrogen) atoms. The minimum Gasteiger partial charge on any atom is -0.211 e. The van der Waals surface area contributed by atoms with E-state index in [4.69, 9.17) is 0 Å². The Morgan fingerprint density at radius 2 is 2.23 bits per heavy atom. The lowest BCUT2D eigenvalue weighted by Crippen LogP contribution is -1.89. The molecule has 1 aliphatic heterocycles.